The smallest absolute Gasteiger partial charge is 0.317 e. The van der Waals surface area contributed by atoms with E-state index in [1.54, 1.807) is 12.0 Å². The number of nitrogens with one attached hydrogen (secondary N) is 1. The van der Waals surface area contributed by atoms with Crippen LogP contribution in [0.5, 0.6) is 11.5 Å². The van der Waals surface area contributed by atoms with Crippen molar-refractivity contribution >= 4 is 6.03 Å². The molecule has 1 N–H and O–H groups in total. The third-order valence-corrected chi connectivity index (χ3v) is 3.64. The summed E-state index contributed by atoms with van der Waals surface area (Å²) in [4.78, 5) is 14.1. The number of urea groups is 1. The van der Waals surface area contributed by atoms with Gasteiger partial charge in [0.2, 0.25) is 0 Å². The van der Waals surface area contributed by atoms with E-state index < -0.39 is 0 Å². The van der Waals surface area contributed by atoms with E-state index in [0.717, 1.165) is 0 Å². The molecule has 0 unspecified atom stereocenters. The first-order chi connectivity index (χ1) is 10.9. The van der Waals surface area contributed by atoms with Crippen LogP contribution in [0.3, 0.4) is 0 Å². The molecule has 1 aliphatic rings. The van der Waals surface area contributed by atoms with Gasteiger partial charge in [0.15, 0.2) is 11.5 Å². The van der Waals surface area contributed by atoms with Gasteiger partial charge in [-0.2, -0.15) is 0 Å². The minimum atomic E-state index is -0.299. The molecule has 0 radical (unpaired) electrons. The van der Waals surface area contributed by atoms with Crippen LogP contribution in [0.2, 0.25) is 0 Å². The Morgan fingerprint density at radius 3 is 2.74 bits per heavy atom. The number of rotatable bonds is 5. The highest BCUT2D eigenvalue weighted by molar-refractivity contribution is 5.74. The first-order valence-corrected chi connectivity index (χ1v) is 7.86. The van der Waals surface area contributed by atoms with Gasteiger partial charge in [-0.3, -0.25) is 0 Å². The summed E-state index contributed by atoms with van der Waals surface area (Å²) in [5.74, 6) is 1.35. The highest BCUT2D eigenvalue weighted by Gasteiger charge is 2.30. The number of carbonyl (C=O) groups is 1. The Morgan fingerprint density at radius 2 is 2.09 bits per heavy atom. The van der Waals surface area contributed by atoms with Gasteiger partial charge < -0.3 is 24.4 Å². The highest BCUT2D eigenvalue weighted by atomic mass is 16.5. The zero-order valence-electron chi connectivity index (χ0n) is 14.3. The highest BCUT2D eigenvalue weighted by Crippen LogP contribution is 2.25. The van der Waals surface area contributed by atoms with Crippen LogP contribution in [0.25, 0.3) is 0 Å². The molecule has 1 aromatic carbocycles. The van der Waals surface area contributed by atoms with Crippen LogP contribution < -0.4 is 14.8 Å². The lowest BCUT2D eigenvalue weighted by Crippen LogP contribution is -2.55. The summed E-state index contributed by atoms with van der Waals surface area (Å²) in [5.41, 5.74) is -0.299. The maximum absolute atomic E-state index is 12.3. The molecule has 6 heteroatoms. The topological polar surface area (TPSA) is 60.0 Å². The molecule has 1 aromatic rings. The van der Waals surface area contributed by atoms with E-state index in [1.165, 1.54) is 0 Å². The van der Waals surface area contributed by atoms with Crippen molar-refractivity contribution in [3.05, 3.63) is 24.3 Å². The summed E-state index contributed by atoms with van der Waals surface area (Å²) in [6, 6.07) is 7.26. The summed E-state index contributed by atoms with van der Waals surface area (Å²) < 4.78 is 16.6. The minimum Gasteiger partial charge on any atom is -0.493 e. The van der Waals surface area contributed by atoms with E-state index in [0.29, 0.717) is 37.8 Å². The van der Waals surface area contributed by atoms with Gasteiger partial charge in [-0.05, 0) is 32.9 Å². The first-order valence-electron chi connectivity index (χ1n) is 7.86. The molecule has 0 aliphatic carbocycles. The number of methoxy groups -OCH3 is 1. The SMILES string of the molecule is COc1ccccc1OC[C@@H](C)NC(=O)N1CCOC(C)(C)C1. The van der Waals surface area contributed by atoms with Gasteiger partial charge in [0, 0.05) is 6.54 Å². The molecule has 2 rings (SSSR count). The van der Waals surface area contributed by atoms with Crippen LogP contribution in [-0.4, -0.2) is 56.0 Å². The lowest BCUT2D eigenvalue weighted by Gasteiger charge is -2.38. The molecule has 128 valence electrons. The average molecular weight is 322 g/mol. The van der Waals surface area contributed by atoms with Crippen LogP contribution in [0.4, 0.5) is 4.79 Å². The number of ether oxygens (including phenoxy) is 3. The quantitative estimate of drug-likeness (QED) is 0.903. The molecule has 2 amide bonds. The number of amides is 2. The maximum atomic E-state index is 12.3. The molecule has 1 heterocycles. The van der Waals surface area contributed by atoms with Crippen molar-refractivity contribution < 1.29 is 19.0 Å². The summed E-state index contributed by atoms with van der Waals surface area (Å²) in [6.45, 7) is 8.01. The molecule has 1 fully saturated rings. The van der Waals surface area contributed by atoms with Crippen molar-refractivity contribution in [2.45, 2.75) is 32.4 Å². The van der Waals surface area contributed by atoms with Crippen molar-refractivity contribution in [2.75, 3.05) is 33.4 Å². The maximum Gasteiger partial charge on any atom is 0.317 e. The van der Waals surface area contributed by atoms with Crippen molar-refractivity contribution in [3.63, 3.8) is 0 Å². The van der Waals surface area contributed by atoms with Crippen molar-refractivity contribution in [2.24, 2.45) is 0 Å². The molecule has 1 atom stereocenters. The molecule has 23 heavy (non-hydrogen) atoms. The van der Waals surface area contributed by atoms with Crippen LogP contribution in [-0.2, 0) is 4.74 Å². The van der Waals surface area contributed by atoms with Gasteiger partial charge >= 0.3 is 6.03 Å². The largest absolute Gasteiger partial charge is 0.493 e. The van der Waals surface area contributed by atoms with Gasteiger partial charge in [0.05, 0.1) is 31.9 Å². The summed E-state index contributed by atoms with van der Waals surface area (Å²) >= 11 is 0. The molecule has 6 nitrogen and oxygen atoms in total. The number of benzene rings is 1. The minimum absolute atomic E-state index is 0.0856. The summed E-state index contributed by atoms with van der Waals surface area (Å²) in [5, 5.41) is 2.96. The fraction of sp³-hybridized carbons (Fsp3) is 0.588. The molecule has 1 saturated heterocycles. The molecule has 1 aliphatic heterocycles. The van der Waals surface area contributed by atoms with Gasteiger partial charge in [0.25, 0.3) is 0 Å². The predicted molar refractivity (Wildman–Crippen MR) is 88.1 cm³/mol. The van der Waals surface area contributed by atoms with Crippen LogP contribution in [0.1, 0.15) is 20.8 Å². The second-order valence-corrected chi connectivity index (χ2v) is 6.34. The zero-order valence-corrected chi connectivity index (χ0v) is 14.3. The second-order valence-electron chi connectivity index (χ2n) is 6.34. The lowest BCUT2D eigenvalue weighted by molar-refractivity contribution is -0.0735. The van der Waals surface area contributed by atoms with E-state index in [4.69, 9.17) is 14.2 Å². The molecular weight excluding hydrogens is 296 g/mol. The Hall–Kier alpha value is -1.95. The van der Waals surface area contributed by atoms with E-state index in [9.17, 15) is 4.79 Å². The Kier molecular flexibility index (Phi) is 5.71. The van der Waals surface area contributed by atoms with Crippen molar-refractivity contribution in [1.82, 2.24) is 10.2 Å². The fourth-order valence-corrected chi connectivity index (χ4v) is 2.49. The van der Waals surface area contributed by atoms with Crippen LogP contribution >= 0.6 is 0 Å². The summed E-state index contributed by atoms with van der Waals surface area (Å²) in [6.07, 6.45) is 0. The van der Waals surface area contributed by atoms with E-state index in [1.807, 2.05) is 45.0 Å². The fourth-order valence-electron chi connectivity index (χ4n) is 2.49. The van der Waals surface area contributed by atoms with Crippen LogP contribution in [0.15, 0.2) is 24.3 Å². The summed E-state index contributed by atoms with van der Waals surface area (Å²) in [7, 11) is 1.60. The Bertz CT molecular complexity index is 533. The predicted octanol–water partition coefficient (Wildman–Crippen LogP) is 2.28. The molecule has 0 bridgehead atoms. The number of para-hydroxylation sites is 2. The third-order valence-electron chi connectivity index (χ3n) is 3.64. The van der Waals surface area contributed by atoms with E-state index in [-0.39, 0.29) is 17.7 Å². The van der Waals surface area contributed by atoms with Gasteiger partial charge in [-0.1, -0.05) is 12.1 Å². The lowest BCUT2D eigenvalue weighted by atomic mass is 10.1. The van der Waals surface area contributed by atoms with Gasteiger partial charge in [-0.15, -0.1) is 0 Å². The van der Waals surface area contributed by atoms with Gasteiger partial charge in [0.1, 0.15) is 6.61 Å². The van der Waals surface area contributed by atoms with Gasteiger partial charge in [-0.25, -0.2) is 4.79 Å². The molecule has 0 aromatic heterocycles. The van der Waals surface area contributed by atoms with E-state index >= 15 is 0 Å². The molecular formula is C17H26N2O4. The average Bonchev–Trinajstić information content (AvgIpc) is 2.52. The standard InChI is InChI=1S/C17H26N2O4/c1-13(11-22-15-8-6-5-7-14(15)21-4)18-16(20)19-9-10-23-17(2,3)12-19/h5-8,13H,9-12H2,1-4H3,(H,18,20)/t13-/m1/s1. The van der Waals surface area contributed by atoms with E-state index in [2.05, 4.69) is 5.32 Å². The molecule has 0 spiro atoms. The first kappa shape index (κ1) is 17.4. The number of nitrogens with zero attached hydrogens (tertiary/aromatic N) is 1. The third kappa shape index (κ3) is 5.03. The Morgan fingerprint density at radius 1 is 1.39 bits per heavy atom. The normalized spacial score (nSPS) is 18.2. The number of carbonyl (C=O) groups excluding carboxylic acids is 1. The second kappa shape index (κ2) is 7.55. The number of hydrogen-bond donors (Lipinski definition) is 1. The molecule has 0 saturated carbocycles. The number of morpholine rings is 1. The van der Waals surface area contributed by atoms with Crippen molar-refractivity contribution in [3.8, 4) is 11.5 Å². The zero-order chi connectivity index (χ0) is 16.9. The Labute approximate surface area is 137 Å². The Balaban J connectivity index is 1.82. The monoisotopic (exact) mass is 322 g/mol. The number of hydrogen-bond acceptors (Lipinski definition) is 4. The van der Waals surface area contributed by atoms with Crippen LogP contribution in [0, 0.1) is 0 Å². The van der Waals surface area contributed by atoms with Crippen molar-refractivity contribution in [1.29, 1.82) is 0 Å².